The lowest BCUT2D eigenvalue weighted by atomic mass is 9.95. The Labute approximate surface area is 122 Å². The fourth-order valence-corrected chi connectivity index (χ4v) is 2.57. The molecule has 0 aliphatic rings. The predicted molar refractivity (Wildman–Crippen MR) is 83.6 cm³/mol. The number of hydrogen-bond acceptors (Lipinski definition) is 3. The van der Waals surface area contributed by atoms with Gasteiger partial charge in [-0.1, -0.05) is 54.1 Å². The highest BCUT2D eigenvalue weighted by Gasteiger charge is 2.15. The molecule has 0 aliphatic heterocycles. The first-order valence-corrected chi connectivity index (χ1v) is 6.69. The summed E-state index contributed by atoms with van der Waals surface area (Å²) in [5.74, 6) is 0.412. The Morgan fingerprint density at radius 1 is 1.00 bits per heavy atom. The summed E-state index contributed by atoms with van der Waals surface area (Å²) >= 11 is 5.99. The molecule has 0 saturated heterocycles. The number of nitrogens with two attached hydrogens (primary N) is 2. The van der Waals surface area contributed by atoms with E-state index in [-0.39, 0.29) is 6.04 Å². The van der Waals surface area contributed by atoms with Crippen LogP contribution in [0.5, 0.6) is 0 Å². The predicted octanol–water partition coefficient (Wildman–Crippen LogP) is 3.52. The van der Waals surface area contributed by atoms with Crippen LogP contribution in [0.3, 0.4) is 0 Å². The lowest BCUT2D eigenvalue weighted by molar-refractivity contribution is 0.877. The van der Waals surface area contributed by atoms with Crippen molar-refractivity contribution in [2.24, 2.45) is 5.73 Å². The van der Waals surface area contributed by atoms with Crippen LogP contribution in [0.4, 0.5) is 5.82 Å². The van der Waals surface area contributed by atoms with Crippen molar-refractivity contribution in [1.82, 2.24) is 4.98 Å². The highest BCUT2D eigenvalue weighted by Crippen LogP contribution is 2.30. The highest BCUT2D eigenvalue weighted by molar-refractivity contribution is 6.30. The normalized spacial score (nSPS) is 12.5. The average molecular weight is 284 g/mol. The van der Waals surface area contributed by atoms with Gasteiger partial charge in [0.25, 0.3) is 0 Å². The summed E-state index contributed by atoms with van der Waals surface area (Å²) < 4.78 is 0. The number of aromatic nitrogens is 1. The largest absolute Gasteiger partial charge is 0.383 e. The summed E-state index contributed by atoms with van der Waals surface area (Å²) in [4.78, 5) is 4.07. The molecule has 1 unspecified atom stereocenters. The summed E-state index contributed by atoms with van der Waals surface area (Å²) in [7, 11) is 0. The van der Waals surface area contributed by atoms with Crippen LogP contribution >= 0.6 is 11.6 Å². The Morgan fingerprint density at radius 2 is 1.75 bits per heavy atom. The molecule has 4 heteroatoms. The molecule has 20 heavy (non-hydrogen) atoms. The molecule has 4 N–H and O–H groups in total. The molecule has 0 radical (unpaired) electrons. The van der Waals surface area contributed by atoms with Crippen LogP contribution in [-0.2, 0) is 0 Å². The van der Waals surface area contributed by atoms with E-state index in [9.17, 15) is 0 Å². The fraction of sp³-hybridized carbons (Fsp3) is 0.0625. The number of benzene rings is 2. The van der Waals surface area contributed by atoms with Crippen molar-refractivity contribution in [1.29, 1.82) is 0 Å². The lowest BCUT2D eigenvalue weighted by Crippen LogP contribution is -2.15. The van der Waals surface area contributed by atoms with Crippen LogP contribution in [0.1, 0.15) is 17.2 Å². The van der Waals surface area contributed by atoms with Crippen LogP contribution in [-0.4, -0.2) is 4.98 Å². The average Bonchev–Trinajstić information content (AvgIpc) is 2.48. The van der Waals surface area contributed by atoms with Crippen LogP contribution in [0.2, 0.25) is 5.02 Å². The first-order valence-electron chi connectivity index (χ1n) is 6.31. The molecule has 0 saturated carbocycles. The molecule has 2 aromatic carbocycles. The van der Waals surface area contributed by atoms with E-state index in [1.54, 1.807) is 6.07 Å². The summed E-state index contributed by atoms with van der Waals surface area (Å²) in [5, 5.41) is 2.79. The molecule has 1 atom stereocenters. The first kappa shape index (κ1) is 12.9. The number of fused-ring (bicyclic) bond motifs is 1. The van der Waals surface area contributed by atoms with Gasteiger partial charge in [-0.2, -0.15) is 0 Å². The van der Waals surface area contributed by atoms with Crippen molar-refractivity contribution in [3.05, 3.63) is 70.9 Å². The highest BCUT2D eigenvalue weighted by atomic mass is 35.5. The Hall–Kier alpha value is -2.10. The number of anilines is 1. The third-order valence-corrected chi connectivity index (χ3v) is 3.62. The van der Waals surface area contributed by atoms with Crippen LogP contribution in [0.15, 0.2) is 54.7 Å². The minimum Gasteiger partial charge on any atom is -0.383 e. The molecule has 3 rings (SSSR count). The van der Waals surface area contributed by atoms with Gasteiger partial charge in [0.2, 0.25) is 0 Å². The molecule has 0 fully saturated rings. The van der Waals surface area contributed by atoms with Gasteiger partial charge < -0.3 is 11.5 Å². The van der Waals surface area contributed by atoms with Crippen LogP contribution in [0, 0.1) is 0 Å². The Kier molecular flexibility index (Phi) is 3.30. The van der Waals surface area contributed by atoms with Gasteiger partial charge in [-0.3, -0.25) is 0 Å². The Morgan fingerprint density at radius 3 is 2.60 bits per heavy atom. The topological polar surface area (TPSA) is 64.9 Å². The molecule has 3 nitrogen and oxygen atoms in total. The van der Waals surface area contributed by atoms with E-state index in [0.29, 0.717) is 10.8 Å². The second kappa shape index (κ2) is 5.12. The third-order valence-electron chi connectivity index (χ3n) is 3.41. The van der Waals surface area contributed by atoms with Crippen molar-refractivity contribution in [3.63, 3.8) is 0 Å². The SMILES string of the molecule is Nc1ncc(Cl)cc1C(N)c1cccc2ccccc12. The second-order valence-electron chi connectivity index (χ2n) is 4.67. The van der Waals surface area contributed by atoms with Gasteiger partial charge in [-0.05, 0) is 22.4 Å². The van der Waals surface area contributed by atoms with Crippen molar-refractivity contribution < 1.29 is 0 Å². The van der Waals surface area contributed by atoms with E-state index in [1.807, 2.05) is 24.3 Å². The van der Waals surface area contributed by atoms with E-state index < -0.39 is 0 Å². The van der Waals surface area contributed by atoms with Gasteiger partial charge in [0.1, 0.15) is 5.82 Å². The van der Waals surface area contributed by atoms with Gasteiger partial charge in [0.15, 0.2) is 0 Å². The Bertz CT molecular complexity index is 765. The van der Waals surface area contributed by atoms with Gasteiger partial charge in [-0.25, -0.2) is 4.98 Å². The molecule has 100 valence electrons. The number of nitrogens with zero attached hydrogens (tertiary/aromatic N) is 1. The van der Waals surface area contributed by atoms with Crippen LogP contribution in [0.25, 0.3) is 10.8 Å². The number of rotatable bonds is 2. The maximum Gasteiger partial charge on any atom is 0.128 e. The number of halogens is 1. The number of nitrogen functional groups attached to an aromatic ring is 1. The smallest absolute Gasteiger partial charge is 0.128 e. The van der Waals surface area contributed by atoms with Gasteiger partial charge in [-0.15, -0.1) is 0 Å². The molecular weight excluding hydrogens is 270 g/mol. The standard InChI is InChI=1S/C16H14ClN3/c17-11-8-14(16(19)20-9-11)15(18)13-7-3-5-10-4-1-2-6-12(10)13/h1-9,15H,18H2,(H2,19,20). The van der Waals surface area contributed by atoms with E-state index >= 15 is 0 Å². The Balaban J connectivity index is 2.17. The summed E-state index contributed by atoms with van der Waals surface area (Å²) in [5.41, 5.74) is 14.1. The molecule has 0 amide bonds. The zero-order valence-electron chi connectivity index (χ0n) is 10.8. The zero-order valence-corrected chi connectivity index (χ0v) is 11.5. The maximum absolute atomic E-state index is 6.37. The summed E-state index contributed by atoms with van der Waals surface area (Å²) in [6.45, 7) is 0. The lowest BCUT2D eigenvalue weighted by Gasteiger charge is -2.16. The van der Waals surface area contributed by atoms with Crippen molar-refractivity contribution in [2.75, 3.05) is 5.73 Å². The molecule has 0 spiro atoms. The molecule has 1 aromatic heterocycles. The minimum absolute atomic E-state index is 0.354. The molecule has 3 aromatic rings. The zero-order chi connectivity index (χ0) is 14.1. The fourth-order valence-electron chi connectivity index (χ4n) is 2.40. The quantitative estimate of drug-likeness (QED) is 0.756. The molecule has 0 aliphatic carbocycles. The van der Waals surface area contributed by atoms with E-state index in [4.69, 9.17) is 23.1 Å². The van der Waals surface area contributed by atoms with Crippen molar-refractivity contribution in [2.45, 2.75) is 6.04 Å². The minimum atomic E-state index is -0.354. The van der Waals surface area contributed by atoms with Gasteiger partial charge >= 0.3 is 0 Å². The molecule has 1 heterocycles. The summed E-state index contributed by atoms with van der Waals surface area (Å²) in [6.07, 6.45) is 1.52. The summed E-state index contributed by atoms with van der Waals surface area (Å²) in [6, 6.07) is 15.6. The van der Waals surface area contributed by atoms with E-state index in [0.717, 1.165) is 21.9 Å². The van der Waals surface area contributed by atoms with Crippen molar-refractivity contribution in [3.8, 4) is 0 Å². The second-order valence-corrected chi connectivity index (χ2v) is 5.11. The van der Waals surface area contributed by atoms with Gasteiger partial charge in [0.05, 0.1) is 11.1 Å². The monoisotopic (exact) mass is 283 g/mol. The molecule has 0 bridgehead atoms. The van der Waals surface area contributed by atoms with Crippen LogP contribution < -0.4 is 11.5 Å². The maximum atomic E-state index is 6.37. The van der Waals surface area contributed by atoms with E-state index in [1.165, 1.54) is 6.20 Å². The number of pyridine rings is 1. The van der Waals surface area contributed by atoms with Gasteiger partial charge in [0, 0.05) is 11.8 Å². The number of hydrogen-bond donors (Lipinski definition) is 2. The van der Waals surface area contributed by atoms with Crippen molar-refractivity contribution >= 4 is 28.2 Å². The third kappa shape index (κ3) is 2.22. The van der Waals surface area contributed by atoms with E-state index in [2.05, 4.69) is 23.2 Å². The first-order chi connectivity index (χ1) is 9.66. The molecular formula is C16H14ClN3.